The SMILES string of the molecule is C=C(c1cn(C(=O)OC(C)(C)C)cn1)C1CCN(C(=O)OC(C)(C)C)CC1. The number of ether oxygens (including phenoxy) is 2. The number of imidazole rings is 1. The van der Waals surface area contributed by atoms with Crippen molar-refractivity contribution in [1.82, 2.24) is 14.5 Å². The molecular formula is C20H31N3O4. The molecule has 2 heterocycles. The third-order valence-electron chi connectivity index (χ3n) is 4.16. The largest absolute Gasteiger partial charge is 0.444 e. The van der Waals surface area contributed by atoms with Gasteiger partial charge in [-0.1, -0.05) is 6.58 Å². The van der Waals surface area contributed by atoms with Crippen LogP contribution in [0.5, 0.6) is 0 Å². The number of amides is 1. The van der Waals surface area contributed by atoms with Gasteiger partial charge in [-0.2, -0.15) is 0 Å². The Hall–Kier alpha value is -2.31. The molecule has 1 aliphatic rings. The maximum Gasteiger partial charge on any atom is 0.419 e. The van der Waals surface area contributed by atoms with Crippen LogP contribution in [-0.4, -0.2) is 50.9 Å². The van der Waals surface area contributed by atoms with E-state index in [1.54, 1.807) is 11.1 Å². The lowest BCUT2D eigenvalue weighted by atomic mass is 9.88. The van der Waals surface area contributed by atoms with Crippen LogP contribution in [-0.2, 0) is 9.47 Å². The van der Waals surface area contributed by atoms with E-state index in [9.17, 15) is 9.59 Å². The normalized spacial score (nSPS) is 16.1. The van der Waals surface area contributed by atoms with Crippen molar-refractivity contribution in [3.05, 3.63) is 24.8 Å². The summed E-state index contributed by atoms with van der Waals surface area (Å²) in [5.41, 5.74) is 0.497. The van der Waals surface area contributed by atoms with E-state index in [1.807, 2.05) is 41.5 Å². The lowest BCUT2D eigenvalue weighted by Gasteiger charge is -2.33. The van der Waals surface area contributed by atoms with Gasteiger partial charge in [-0.15, -0.1) is 0 Å². The van der Waals surface area contributed by atoms with Gasteiger partial charge in [-0.3, -0.25) is 0 Å². The summed E-state index contributed by atoms with van der Waals surface area (Å²) in [4.78, 5) is 30.3. The van der Waals surface area contributed by atoms with Crippen LogP contribution in [0.25, 0.3) is 5.57 Å². The molecule has 1 saturated heterocycles. The number of rotatable bonds is 2. The number of carbonyl (C=O) groups excluding carboxylic acids is 2. The molecule has 27 heavy (non-hydrogen) atoms. The molecule has 150 valence electrons. The third kappa shape index (κ3) is 6.12. The van der Waals surface area contributed by atoms with Crippen molar-refractivity contribution in [2.75, 3.05) is 13.1 Å². The van der Waals surface area contributed by atoms with E-state index < -0.39 is 17.3 Å². The maximum absolute atomic E-state index is 12.2. The van der Waals surface area contributed by atoms with E-state index in [1.165, 1.54) is 10.9 Å². The Morgan fingerprint density at radius 1 is 1.04 bits per heavy atom. The Morgan fingerprint density at radius 2 is 1.56 bits per heavy atom. The average Bonchev–Trinajstić information content (AvgIpc) is 3.01. The quantitative estimate of drug-likeness (QED) is 0.767. The molecule has 7 heteroatoms. The van der Waals surface area contributed by atoms with Gasteiger partial charge in [-0.25, -0.2) is 19.1 Å². The average molecular weight is 377 g/mol. The van der Waals surface area contributed by atoms with Crippen LogP contribution in [0.15, 0.2) is 19.1 Å². The summed E-state index contributed by atoms with van der Waals surface area (Å²) < 4.78 is 12.1. The third-order valence-corrected chi connectivity index (χ3v) is 4.16. The molecule has 1 aromatic rings. The number of nitrogens with zero attached hydrogens (tertiary/aromatic N) is 3. The lowest BCUT2D eigenvalue weighted by molar-refractivity contribution is 0.0199. The Balaban J connectivity index is 1.93. The van der Waals surface area contributed by atoms with Gasteiger partial charge in [0, 0.05) is 19.3 Å². The van der Waals surface area contributed by atoms with Crippen molar-refractivity contribution in [2.45, 2.75) is 65.6 Å². The Bertz CT molecular complexity index is 702. The van der Waals surface area contributed by atoms with Crippen molar-refractivity contribution >= 4 is 17.8 Å². The monoisotopic (exact) mass is 377 g/mol. The second-order valence-corrected chi connectivity index (χ2v) is 8.91. The number of piperidine rings is 1. The minimum atomic E-state index is -0.562. The molecule has 0 bridgehead atoms. The lowest BCUT2D eigenvalue weighted by Crippen LogP contribution is -2.41. The molecule has 1 aromatic heterocycles. The van der Waals surface area contributed by atoms with Crippen molar-refractivity contribution in [2.24, 2.45) is 5.92 Å². The summed E-state index contributed by atoms with van der Waals surface area (Å²) in [7, 11) is 0. The summed E-state index contributed by atoms with van der Waals surface area (Å²) in [6.07, 6.45) is 3.94. The first-order valence-electron chi connectivity index (χ1n) is 9.30. The standard InChI is InChI=1S/C20H31N3O4/c1-14(16-12-23(13-21-16)18(25)27-20(5,6)7)15-8-10-22(11-9-15)17(24)26-19(2,3)4/h12-13,15H,1,8-11H2,2-7H3. The molecule has 1 amide bonds. The molecule has 1 aliphatic heterocycles. The van der Waals surface area contributed by atoms with Gasteiger partial charge in [0.2, 0.25) is 0 Å². The van der Waals surface area contributed by atoms with Gasteiger partial charge in [0.1, 0.15) is 17.5 Å². The van der Waals surface area contributed by atoms with E-state index in [4.69, 9.17) is 9.47 Å². The van der Waals surface area contributed by atoms with Gasteiger partial charge in [-0.05, 0) is 65.9 Å². The van der Waals surface area contributed by atoms with Gasteiger partial charge >= 0.3 is 12.2 Å². The number of carbonyl (C=O) groups is 2. The predicted octanol–water partition coefficient (Wildman–Crippen LogP) is 4.33. The van der Waals surface area contributed by atoms with Gasteiger partial charge in [0.05, 0.1) is 5.69 Å². The smallest absolute Gasteiger partial charge is 0.419 e. The Kier molecular flexibility index (Phi) is 6.02. The zero-order valence-corrected chi connectivity index (χ0v) is 17.2. The minimum Gasteiger partial charge on any atom is -0.444 e. The molecule has 0 unspecified atom stereocenters. The van der Waals surface area contributed by atoms with E-state index in [0.717, 1.165) is 18.4 Å². The molecule has 0 aromatic carbocycles. The molecular weight excluding hydrogens is 346 g/mol. The first kappa shape index (κ1) is 21.0. The molecule has 0 saturated carbocycles. The van der Waals surface area contributed by atoms with Crippen molar-refractivity contribution < 1.29 is 19.1 Å². The second kappa shape index (κ2) is 7.74. The Labute approximate surface area is 161 Å². The van der Waals surface area contributed by atoms with Crippen molar-refractivity contribution in [3.8, 4) is 0 Å². The fraction of sp³-hybridized carbons (Fsp3) is 0.650. The first-order chi connectivity index (χ1) is 12.4. The highest BCUT2D eigenvalue weighted by molar-refractivity contribution is 5.73. The predicted molar refractivity (Wildman–Crippen MR) is 103 cm³/mol. The highest BCUT2D eigenvalue weighted by atomic mass is 16.6. The van der Waals surface area contributed by atoms with E-state index in [-0.39, 0.29) is 12.0 Å². The molecule has 1 fully saturated rings. The van der Waals surface area contributed by atoms with Crippen LogP contribution >= 0.6 is 0 Å². The van der Waals surface area contributed by atoms with Crippen LogP contribution in [0.2, 0.25) is 0 Å². The van der Waals surface area contributed by atoms with Crippen LogP contribution in [0, 0.1) is 5.92 Å². The van der Waals surface area contributed by atoms with E-state index in [2.05, 4.69) is 11.6 Å². The molecule has 0 N–H and O–H groups in total. The zero-order valence-electron chi connectivity index (χ0n) is 17.2. The maximum atomic E-state index is 12.2. The molecule has 0 atom stereocenters. The van der Waals surface area contributed by atoms with Gasteiger partial charge in [0.15, 0.2) is 0 Å². The summed E-state index contributed by atoms with van der Waals surface area (Å²) in [6.45, 7) is 16.4. The molecule has 2 rings (SSSR count). The van der Waals surface area contributed by atoms with Crippen LogP contribution in [0.3, 0.4) is 0 Å². The molecule has 7 nitrogen and oxygen atoms in total. The Morgan fingerprint density at radius 3 is 2.07 bits per heavy atom. The summed E-state index contributed by atoms with van der Waals surface area (Å²) in [5, 5.41) is 0. The van der Waals surface area contributed by atoms with Crippen LogP contribution in [0.4, 0.5) is 9.59 Å². The highest BCUT2D eigenvalue weighted by Gasteiger charge is 2.29. The van der Waals surface area contributed by atoms with E-state index >= 15 is 0 Å². The van der Waals surface area contributed by atoms with Crippen LogP contribution in [0.1, 0.15) is 60.1 Å². The fourth-order valence-electron chi connectivity index (χ4n) is 2.85. The number of likely N-dealkylation sites (tertiary alicyclic amines) is 1. The first-order valence-corrected chi connectivity index (χ1v) is 9.30. The number of hydrogen-bond donors (Lipinski definition) is 0. The number of allylic oxidation sites excluding steroid dienone is 1. The summed E-state index contributed by atoms with van der Waals surface area (Å²) in [5.74, 6) is 0.214. The highest BCUT2D eigenvalue weighted by Crippen LogP contribution is 2.30. The number of aromatic nitrogens is 2. The molecule has 0 aliphatic carbocycles. The van der Waals surface area contributed by atoms with Gasteiger partial charge < -0.3 is 14.4 Å². The van der Waals surface area contributed by atoms with Crippen molar-refractivity contribution in [1.29, 1.82) is 0 Å². The minimum absolute atomic E-state index is 0.214. The molecule has 0 radical (unpaired) electrons. The van der Waals surface area contributed by atoms with Crippen molar-refractivity contribution in [3.63, 3.8) is 0 Å². The topological polar surface area (TPSA) is 73.7 Å². The van der Waals surface area contributed by atoms with E-state index in [0.29, 0.717) is 18.8 Å². The zero-order chi connectivity index (χ0) is 20.4. The van der Waals surface area contributed by atoms with Crippen LogP contribution < -0.4 is 0 Å². The summed E-state index contributed by atoms with van der Waals surface area (Å²) >= 11 is 0. The molecule has 0 spiro atoms. The number of hydrogen-bond acceptors (Lipinski definition) is 5. The fourth-order valence-corrected chi connectivity index (χ4v) is 2.85. The van der Waals surface area contributed by atoms with Gasteiger partial charge in [0.25, 0.3) is 0 Å². The second-order valence-electron chi connectivity index (χ2n) is 8.91. The summed E-state index contributed by atoms with van der Waals surface area (Å²) in [6, 6.07) is 0.